The summed E-state index contributed by atoms with van der Waals surface area (Å²) < 4.78 is 6.99. The van der Waals surface area contributed by atoms with Crippen molar-refractivity contribution < 1.29 is 4.52 Å². The van der Waals surface area contributed by atoms with Crippen LogP contribution < -0.4 is 5.32 Å². The molecule has 23 heavy (non-hydrogen) atoms. The number of fused-ring (bicyclic) bond motifs is 1. The van der Waals surface area contributed by atoms with Crippen LogP contribution in [-0.2, 0) is 0 Å². The van der Waals surface area contributed by atoms with Crippen molar-refractivity contribution in [3.8, 4) is 11.4 Å². The molecule has 0 aromatic carbocycles. The Morgan fingerprint density at radius 3 is 2.61 bits per heavy atom. The van der Waals surface area contributed by atoms with E-state index in [1.165, 1.54) is 0 Å². The van der Waals surface area contributed by atoms with E-state index >= 15 is 0 Å². The minimum Gasteiger partial charge on any atom is -0.368 e. The van der Waals surface area contributed by atoms with Gasteiger partial charge in [-0.3, -0.25) is 0 Å². The molecule has 3 aromatic rings. The molecule has 0 saturated heterocycles. The maximum absolute atomic E-state index is 5.14. The second-order valence-electron chi connectivity index (χ2n) is 6.02. The van der Waals surface area contributed by atoms with Crippen molar-refractivity contribution in [2.24, 2.45) is 0 Å². The summed E-state index contributed by atoms with van der Waals surface area (Å²) in [4.78, 5) is 6.76. The Labute approximate surface area is 135 Å². The van der Waals surface area contributed by atoms with Crippen LogP contribution in [0.15, 0.2) is 16.7 Å². The van der Waals surface area contributed by atoms with Crippen molar-refractivity contribution in [2.45, 2.75) is 20.8 Å². The molecule has 1 N–H and O–H groups in total. The Kier molecular flexibility index (Phi) is 4.04. The molecule has 0 radical (unpaired) electrons. The van der Waals surface area contributed by atoms with Gasteiger partial charge < -0.3 is 14.7 Å². The highest BCUT2D eigenvalue weighted by Gasteiger charge is 2.15. The molecular weight excluding hydrogens is 292 g/mol. The topological polar surface area (TPSA) is 71.5 Å². The summed E-state index contributed by atoms with van der Waals surface area (Å²) in [6.07, 6.45) is 0. The molecule has 3 aromatic heterocycles. The Hall–Kier alpha value is -2.41. The molecule has 0 amide bonds. The summed E-state index contributed by atoms with van der Waals surface area (Å²) in [7, 11) is 4.11. The van der Waals surface area contributed by atoms with Crippen molar-refractivity contribution in [2.75, 3.05) is 32.5 Å². The van der Waals surface area contributed by atoms with Crippen LogP contribution in [0.1, 0.15) is 17.0 Å². The van der Waals surface area contributed by atoms with E-state index in [1.54, 1.807) is 0 Å². The van der Waals surface area contributed by atoms with E-state index < -0.39 is 0 Å². The predicted octanol–water partition coefficient (Wildman–Crippen LogP) is 2.28. The van der Waals surface area contributed by atoms with Crippen molar-refractivity contribution >= 4 is 11.5 Å². The van der Waals surface area contributed by atoms with Crippen LogP contribution in [0.25, 0.3) is 17.0 Å². The number of aromatic nitrogens is 4. The number of aryl methyl sites for hydroxylation is 2. The third kappa shape index (κ3) is 3.05. The van der Waals surface area contributed by atoms with E-state index in [0.717, 1.165) is 53.0 Å². The third-order valence-electron chi connectivity index (χ3n) is 3.82. The maximum Gasteiger partial charge on any atom is 0.158 e. The van der Waals surface area contributed by atoms with Crippen LogP contribution in [0, 0.1) is 20.8 Å². The van der Waals surface area contributed by atoms with E-state index in [9.17, 15) is 0 Å². The molecule has 0 saturated carbocycles. The number of anilines is 1. The van der Waals surface area contributed by atoms with Crippen LogP contribution in [0.3, 0.4) is 0 Å². The maximum atomic E-state index is 5.14. The van der Waals surface area contributed by atoms with Crippen molar-refractivity contribution in [1.29, 1.82) is 0 Å². The number of nitrogens with zero attached hydrogens (tertiary/aromatic N) is 5. The fraction of sp³-hybridized carbons (Fsp3) is 0.438. The lowest BCUT2D eigenvalue weighted by Gasteiger charge is -2.15. The van der Waals surface area contributed by atoms with Gasteiger partial charge in [-0.25, -0.2) is 4.98 Å². The Morgan fingerprint density at radius 1 is 1.17 bits per heavy atom. The number of hydrogen-bond acceptors (Lipinski definition) is 6. The average Bonchev–Trinajstić information content (AvgIpc) is 3.08. The van der Waals surface area contributed by atoms with Gasteiger partial charge in [-0.15, -0.1) is 0 Å². The molecule has 7 nitrogen and oxygen atoms in total. The Balaban J connectivity index is 2.03. The molecule has 0 spiro atoms. The lowest BCUT2D eigenvalue weighted by molar-refractivity contribution is 0.399. The third-order valence-corrected chi connectivity index (χ3v) is 3.82. The first-order chi connectivity index (χ1) is 11.0. The van der Waals surface area contributed by atoms with Gasteiger partial charge in [0.1, 0.15) is 23.0 Å². The van der Waals surface area contributed by atoms with Gasteiger partial charge in [0.25, 0.3) is 0 Å². The minimum atomic E-state index is 0.725. The molecule has 122 valence electrons. The van der Waals surface area contributed by atoms with Crippen LogP contribution in [0.5, 0.6) is 0 Å². The van der Waals surface area contributed by atoms with Gasteiger partial charge in [0.15, 0.2) is 5.65 Å². The number of hydrogen-bond donors (Lipinski definition) is 1. The first-order valence-corrected chi connectivity index (χ1v) is 7.65. The van der Waals surface area contributed by atoms with E-state index in [0.29, 0.717) is 0 Å². The van der Waals surface area contributed by atoms with Crippen LogP contribution in [-0.4, -0.2) is 51.8 Å². The van der Waals surface area contributed by atoms with E-state index in [-0.39, 0.29) is 0 Å². The normalized spacial score (nSPS) is 11.6. The fourth-order valence-electron chi connectivity index (χ4n) is 2.42. The first kappa shape index (κ1) is 15.5. The molecule has 0 aliphatic carbocycles. The average molecular weight is 314 g/mol. The van der Waals surface area contributed by atoms with Gasteiger partial charge in [0.2, 0.25) is 0 Å². The monoisotopic (exact) mass is 314 g/mol. The fourth-order valence-corrected chi connectivity index (χ4v) is 2.42. The Morgan fingerprint density at radius 2 is 1.96 bits per heavy atom. The van der Waals surface area contributed by atoms with Crippen molar-refractivity contribution in [3.05, 3.63) is 29.2 Å². The van der Waals surface area contributed by atoms with Gasteiger partial charge >= 0.3 is 0 Å². The standard InChI is InChI=1S/C16H22N6O/c1-10-8-14(20-23-10)13-9-15-18-12(3)11(2)16(22(15)19-13)17-6-7-21(4)5/h8-9,17H,6-7H2,1-5H3. The molecule has 0 unspecified atom stereocenters. The zero-order chi connectivity index (χ0) is 16.6. The molecule has 0 aliphatic heterocycles. The summed E-state index contributed by atoms with van der Waals surface area (Å²) in [6.45, 7) is 7.72. The zero-order valence-electron chi connectivity index (χ0n) is 14.2. The van der Waals surface area contributed by atoms with Gasteiger partial charge in [-0.05, 0) is 34.9 Å². The molecule has 3 heterocycles. The predicted molar refractivity (Wildman–Crippen MR) is 89.7 cm³/mol. The molecule has 0 atom stereocenters. The molecule has 7 heteroatoms. The highest BCUT2D eigenvalue weighted by atomic mass is 16.5. The lowest BCUT2D eigenvalue weighted by Crippen LogP contribution is -2.22. The zero-order valence-corrected chi connectivity index (χ0v) is 14.2. The van der Waals surface area contributed by atoms with E-state index in [1.807, 2.05) is 30.5 Å². The van der Waals surface area contributed by atoms with Gasteiger partial charge in [-0.2, -0.15) is 9.61 Å². The number of nitrogens with one attached hydrogen (secondary N) is 1. The van der Waals surface area contributed by atoms with Crippen LogP contribution >= 0.6 is 0 Å². The van der Waals surface area contributed by atoms with Crippen LogP contribution in [0.4, 0.5) is 5.82 Å². The highest BCUT2D eigenvalue weighted by molar-refractivity contribution is 5.64. The smallest absolute Gasteiger partial charge is 0.158 e. The quantitative estimate of drug-likeness (QED) is 0.779. The van der Waals surface area contributed by atoms with E-state index in [2.05, 4.69) is 46.5 Å². The highest BCUT2D eigenvalue weighted by Crippen LogP contribution is 2.24. The number of likely N-dealkylation sites (N-methyl/N-ethyl adjacent to an activating group) is 1. The summed E-state index contributed by atoms with van der Waals surface area (Å²) >= 11 is 0. The number of rotatable bonds is 5. The summed E-state index contributed by atoms with van der Waals surface area (Å²) in [5.41, 5.74) is 4.38. The summed E-state index contributed by atoms with van der Waals surface area (Å²) in [5.74, 6) is 1.74. The molecule has 3 rings (SSSR count). The second kappa shape index (κ2) is 6.00. The second-order valence-corrected chi connectivity index (χ2v) is 6.02. The Bertz CT molecular complexity index is 833. The summed E-state index contributed by atoms with van der Waals surface area (Å²) in [6, 6.07) is 3.81. The van der Waals surface area contributed by atoms with Gasteiger partial charge in [0.05, 0.1) is 0 Å². The molecule has 0 fully saturated rings. The first-order valence-electron chi connectivity index (χ1n) is 7.65. The molecule has 0 aliphatic rings. The largest absolute Gasteiger partial charge is 0.368 e. The minimum absolute atomic E-state index is 0.725. The van der Waals surface area contributed by atoms with E-state index in [4.69, 9.17) is 4.52 Å². The molecule has 0 bridgehead atoms. The lowest BCUT2D eigenvalue weighted by atomic mass is 10.2. The van der Waals surface area contributed by atoms with Crippen LogP contribution in [0.2, 0.25) is 0 Å². The van der Waals surface area contributed by atoms with Crippen molar-refractivity contribution in [1.82, 2.24) is 24.7 Å². The summed E-state index contributed by atoms with van der Waals surface area (Å²) in [5, 5.41) is 12.2. The van der Waals surface area contributed by atoms with Crippen molar-refractivity contribution in [3.63, 3.8) is 0 Å². The molecular formula is C16H22N6O. The van der Waals surface area contributed by atoms with Gasteiger partial charge in [-0.1, -0.05) is 5.16 Å². The van der Waals surface area contributed by atoms with Gasteiger partial charge in [0, 0.05) is 36.5 Å². The SMILES string of the molecule is Cc1cc(-c2cc3nc(C)c(C)c(NCCN(C)C)n3n2)no1.